The molecule has 3 heteroatoms. The van der Waals surface area contributed by atoms with Crippen molar-refractivity contribution in [2.75, 3.05) is 29.9 Å². The summed E-state index contributed by atoms with van der Waals surface area (Å²) in [6, 6.07) is 2.16. The topological polar surface area (TPSA) is 28.2 Å². The van der Waals surface area contributed by atoms with E-state index in [-0.39, 0.29) is 0 Å². The zero-order valence-electron chi connectivity index (χ0n) is 8.29. The Morgan fingerprint density at radius 2 is 2.14 bits per heavy atom. The van der Waals surface area contributed by atoms with Crippen LogP contribution in [0.1, 0.15) is 18.4 Å². The number of anilines is 2. The molecule has 1 saturated heterocycles. The summed E-state index contributed by atoms with van der Waals surface area (Å²) in [4.78, 5) is 6.85. The van der Waals surface area contributed by atoms with Crippen LogP contribution < -0.4 is 10.2 Å². The zero-order chi connectivity index (χ0) is 9.38. The maximum Gasteiger partial charge on any atom is 0.131 e. The Balaban J connectivity index is 2.00. The van der Waals surface area contributed by atoms with Gasteiger partial charge in [-0.15, -0.1) is 0 Å². The lowest BCUT2D eigenvalue weighted by molar-refractivity contribution is 0.949. The van der Waals surface area contributed by atoms with Crippen molar-refractivity contribution in [3.63, 3.8) is 0 Å². The standard InChI is InChI=1S/C11H15N3/c1-2-8-14(7-1)10-4-6-13-11-9(10)3-5-12-11/h4,6H,1-3,5,7-8H2,(H,12,13). The Bertz CT molecular complexity index is 342. The van der Waals surface area contributed by atoms with Crippen molar-refractivity contribution in [2.45, 2.75) is 19.3 Å². The molecule has 1 fully saturated rings. The van der Waals surface area contributed by atoms with Gasteiger partial charge in [-0.2, -0.15) is 0 Å². The predicted molar refractivity (Wildman–Crippen MR) is 57.9 cm³/mol. The highest BCUT2D eigenvalue weighted by Gasteiger charge is 2.20. The molecule has 0 bridgehead atoms. The largest absolute Gasteiger partial charge is 0.371 e. The molecule has 3 heterocycles. The number of hydrogen-bond donors (Lipinski definition) is 1. The van der Waals surface area contributed by atoms with E-state index in [9.17, 15) is 0 Å². The van der Waals surface area contributed by atoms with Crippen LogP contribution in [0.15, 0.2) is 12.3 Å². The normalized spacial score (nSPS) is 19.6. The molecule has 0 amide bonds. The molecule has 0 unspecified atom stereocenters. The number of aromatic nitrogens is 1. The van der Waals surface area contributed by atoms with Crippen molar-refractivity contribution < 1.29 is 0 Å². The Kier molecular flexibility index (Phi) is 1.82. The Morgan fingerprint density at radius 1 is 1.29 bits per heavy atom. The molecule has 0 radical (unpaired) electrons. The number of rotatable bonds is 1. The second kappa shape index (κ2) is 3.15. The quantitative estimate of drug-likeness (QED) is 0.728. The van der Waals surface area contributed by atoms with Crippen molar-refractivity contribution in [2.24, 2.45) is 0 Å². The van der Waals surface area contributed by atoms with E-state index in [0.29, 0.717) is 0 Å². The first-order valence-electron chi connectivity index (χ1n) is 5.42. The fourth-order valence-corrected chi connectivity index (χ4v) is 2.44. The molecule has 0 aromatic carbocycles. The highest BCUT2D eigenvalue weighted by molar-refractivity contribution is 5.66. The fourth-order valence-electron chi connectivity index (χ4n) is 2.44. The van der Waals surface area contributed by atoms with Crippen LogP contribution in [-0.2, 0) is 6.42 Å². The van der Waals surface area contributed by atoms with Crippen LogP contribution in [0, 0.1) is 0 Å². The molecule has 1 aromatic rings. The van der Waals surface area contributed by atoms with Gasteiger partial charge in [0.2, 0.25) is 0 Å². The molecule has 3 rings (SSSR count). The number of nitrogens with one attached hydrogen (secondary N) is 1. The second-order valence-electron chi connectivity index (χ2n) is 4.03. The summed E-state index contributed by atoms with van der Waals surface area (Å²) < 4.78 is 0. The molecule has 0 aliphatic carbocycles. The molecule has 1 N–H and O–H groups in total. The Morgan fingerprint density at radius 3 is 3.00 bits per heavy atom. The molecule has 2 aliphatic heterocycles. The first-order valence-corrected chi connectivity index (χ1v) is 5.42. The number of hydrogen-bond acceptors (Lipinski definition) is 3. The van der Waals surface area contributed by atoms with Gasteiger partial charge in [-0.3, -0.25) is 0 Å². The van der Waals surface area contributed by atoms with Crippen LogP contribution in [0.3, 0.4) is 0 Å². The number of fused-ring (bicyclic) bond motifs is 1. The van der Waals surface area contributed by atoms with Gasteiger partial charge in [0.05, 0.1) is 0 Å². The van der Waals surface area contributed by atoms with Gasteiger partial charge < -0.3 is 10.2 Å². The molecule has 0 saturated carbocycles. The highest BCUT2D eigenvalue weighted by Crippen LogP contribution is 2.31. The molecule has 0 atom stereocenters. The van der Waals surface area contributed by atoms with Crippen molar-refractivity contribution in [3.8, 4) is 0 Å². The lowest BCUT2D eigenvalue weighted by atomic mass is 10.2. The summed E-state index contributed by atoms with van der Waals surface area (Å²) in [5.74, 6) is 1.11. The zero-order valence-corrected chi connectivity index (χ0v) is 8.29. The van der Waals surface area contributed by atoms with E-state index in [2.05, 4.69) is 21.3 Å². The van der Waals surface area contributed by atoms with Gasteiger partial charge >= 0.3 is 0 Å². The van der Waals surface area contributed by atoms with Crippen molar-refractivity contribution in [3.05, 3.63) is 17.8 Å². The van der Waals surface area contributed by atoms with Gasteiger partial charge in [-0.1, -0.05) is 0 Å². The van der Waals surface area contributed by atoms with Gasteiger partial charge in [0.25, 0.3) is 0 Å². The molecule has 2 aliphatic rings. The summed E-state index contributed by atoms with van der Waals surface area (Å²) in [7, 11) is 0. The predicted octanol–water partition coefficient (Wildman–Crippen LogP) is 1.65. The first kappa shape index (κ1) is 8.09. The van der Waals surface area contributed by atoms with E-state index in [0.717, 1.165) is 18.8 Å². The number of pyridine rings is 1. The van der Waals surface area contributed by atoms with Gasteiger partial charge in [0.15, 0.2) is 0 Å². The van der Waals surface area contributed by atoms with E-state index in [1.807, 2.05) is 6.20 Å². The Hall–Kier alpha value is -1.25. The maximum atomic E-state index is 4.35. The second-order valence-corrected chi connectivity index (χ2v) is 4.03. The third-order valence-corrected chi connectivity index (χ3v) is 3.15. The van der Waals surface area contributed by atoms with Crippen LogP contribution in [-0.4, -0.2) is 24.6 Å². The summed E-state index contributed by atoms with van der Waals surface area (Å²) in [6.45, 7) is 3.49. The molecule has 74 valence electrons. The van der Waals surface area contributed by atoms with Crippen LogP contribution in [0.4, 0.5) is 11.5 Å². The third-order valence-electron chi connectivity index (χ3n) is 3.15. The maximum absolute atomic E-state index is 4.35. The third kappa shape index (κ3) is 1.15. The minimum absolute atomic E-state index is 1.05. The van der Waals surface area contributed by atoms with Gasteiger partial charge in [0.1, 0.15) is 5.82 Å². The minimum Gasteiger partial charge on any atom is -0.371 e. The van der Waals surface area contributed by atoms with Gasteiger partial charge in [-0.25, -0.2) is 4.98 Å². The molecule has 3 nitrogen and oxygen atoms in total. The number of nitrogens with zero attached hydrogens (tertiary/aromatic N) is 2. The highest BCUT2D eigenvalue weighted by atomic mass is 15.2. The van der Waals surface area contributed by atoms with Crippen molar-refractivity contribution in [1.29, 1.82) is 0 Å². The fraction of sp³-hybridized carbons (Fsp3) is 0.545. The van der Waals surface area contributed by atoms with Gasteiger partial charge in [-0.05, 0) is 25.3 Å². The van der Waals surface area contributed by atoms with Crippen LogP contribution in [0.2, 0.25) is 0 Å². The lowest BCUT2D eigenvalue weighted by Gasteiger charge is -2.20. The van der Waals surface area contributed by atoms with Crippen LogP contribution in [0.25, 0.3) is 0 Å². The Labute approximate surface area is 84.1 Å². The summed E-state index contributed by atoms with van der Waals surface area (Å²) in [5, 5.41) is 3.33. The summed E-state index contributed by atoms with van der Waals surface area (Å²) >= 11 is 0. The molecular formula is C11H15N3. The average molecular weight is 189 g/mol. The van der Waals surface area contributed by atoms with Crippen LogP contribution >= 0.6 is 0 Å². The monoisotopic (exact) mass is 189 g/mol. The minimum atomic E-state index is 1.05. The van der Waals surface area contributed by atoms with E-state index < -0.39 is 0 Å². The van der Waals surface area contributed by atoms with Crippen molar-refractivity contribution >= 4 is 11.5 Å². The van der Waals surface area contributed by atoms with Crippen LogP contribution in [0.5, 0.6) is 0 Å². The van der Waals surface area contributed by atoms with Gasteiger partial charge in [0, 0.05) is 37.1 Å². The SMILES string of the molecule is c1cc(N2CCCC2)c2c(n1)NCC2. The van der Waals surface area contributed by atoms with Crippen molar-refractivity contribution in [1.82, 2.24) is 4.98 Å². The van der Waals surface area contributed by atoms with E-state index in [4.69, 9.17) is 0 Å². The van der Waals surface area contributed by atoms with E-state index >= 15 is 0 Å². The lowest BCUT2D eigenvalue weighted by Crippen LogP contribution is -2.19. The molecule has 14 heavy (non-hydrogen) atoms. The molecule has 1 aromatic heterocycles. The van der Waals surface area contributed by atoms with E-state index in [1.165, 1.54) is 37.2 Å². The average Bonchev–Trinajstić information content (AvgIpc) is 2.88. The molecule has 0 spiro atoms. The summed E-state index contributed by atoms with van der Waals surface area (Å²) in [6.07, 6.45) is 5.73. The summed E-state index contributed by atoms with van der Waals surface area (Å²) in [5.41, 5.74) is 2.84. The molecular weight excluding hydrogens is 174 g/mol. The first-order chi connectivity index (χ1) is 6.95. The van der Waals surface area contributed by atoms with E-state index in [1.54, 1.807) is 0 Å². The smallest absolute Gasteiger partial charge is 0.131 e.